The number of halogens is 1. The van der Waals surface area contributed by atoms with E-state index in [2.05, 4.69) is 58.2 Å². The molecule has 1 aromatic rings. The quantitative estimate of drug-likeness (QED) is 0.461. The molecule has 0 radical (unpaired) electrons. The topological polar surface area (TPSA) is 41.6 Å². The molecule has 1 aromatic carbocycles. The predicted molar refractivity (Wildman–Crippen MR) is 132 cm³/mol. The molecular weight excluding hydrogens is 452 g/mol. The van der Waals surface area contributed by atoms with Crippen molar-refractivity contribution in [3.8, 4) is 5.75 Å². The molecule has 31 heavy (non-hydrogen) atoms. The summed E-state index contributed by atoms with van der Waals surface area (Å²) in [7, 11) is 0. The maximum absolute atomic E-state index is 11.6. The fourth-order valence-electron chi connectivity index (χ4n) is 5.07. The van der Waals surface area contributed by atoms with Crippen molar-refractivity contribution in [3.05, 3.63) is 28.2 Å². The van der Waals surface area contributed by atoms with E-state index in [1.165, 1.54) is 61.8 Å². The van der Waals surface area contributed by atoms with Gasteiger partial charge < -0.3 is 15.0 Å². The summed E-state index contributed by atoms with van der Waals surface area (Å²) in [5, 5.41) is 3.18. The third-order valence-corrected chi connectivity index (χ3v) is 7.76. The molecule has 1 aliphatic heterocycles. The molecule has 0 bridgehead atoms. The van der Waals surface area contributed by atoms with Gasteiger partial charge in [-0.2, -0.15) is 0 Å². The third-order valence-electron chi connectivity index (χ3n) is 6.99. The summed E-state index contributed by atoms with van der Waals surface area (Å²) in [4.78, 5) is 14.3. The zero-order chi connectivity index (χ0) is 22.2. The number of piperidine rings is 1. The number of amides is 1. The minimum atomic E-state index is 0.206. The van der Waals surface area contributed by atoms with E-state index in [0.29, 0.717) is 12.5 Å². The number of likely N-dealkylation sites (tertiary alicyclic amines) is 1. The summed E-state index contributed by atoms with van der Waals surface area (Å²) >= 11 is 3.74. The van der Waals surface area contributed by atoms with Gasteiger partial charge in [-0.25, -0.2) is 0 Å². The van der Waals surface area contributed by atoms with Crippen LogP contribution in [0, 0.1) is 11.8 Å². The van der Waals surface area contributed by atoms with Gasteiger partial charge in [-0.15, -0.1) is 0 Å². The molecule has 4 nitrogen and oxygen atoms in total. The van der Waals surface area contributed by atoms with Crippen LogP contribution in [0.25, 0.3) is 0 Å². The smallest absolute Gasteiger partial charge is 0.219 e. The second-order valence-corrected chi connectivity index (χ2v) is 10.7. The van der Waals surface area contributed by atoms with Crippen LogP contribution in [0.4, 0.5) is 0 Å². The second kappa shape index (κ2) is 12.2. The highest BCUT2D eigenvalue weighted by molar-refractivity contribution is 9.10. The fourth-order valence-corrected chi connectivity index (χ4v) is 5.48. The highest BCUT2D eigenvalue weighted by Crippen LogP contribution is 2.31. The van der Waals surface area contributed by atoms with Crippen LogP contribution in [-0.4, -0.2) is 42.6 Å². The Morgan fingerprint density at radius 2 is 1.84 bits per heavy atom. The first-order chi connectivity index (χ1) is 14.9. The Bertz CT molecular complexity index is 693. The maximum Gasteiger partial charge on any atom is 0.219 e. The van der Waals surface area contributed by atoms with E-state index in [1.807, 2.05) is 6.92 Å². The van der Waals surface area contributed by atoms with Gasteiger partial charge in [0.05, 0.1) is 6.10 Å². The van der Waals surface area contributed by atoms with Crippen molar-refractivity contribution in [1.82, 2.24) is 10.2 Å². The minimum Gasteiger partial charge on any atom is -0.491 e. The number of nitrogens with one attached hydrogen (secondary N) is 1. The van der Waals surface area contributed by atoms with Crippen LogP contribution in [0.15, 0.2) is 22.7 Å². The van der Waals surface area contributed by atoms with E-state index >= 15 is 0 Å². The van der Waals surface area contributed by atoms with Gasteiger partial charge in [-0.3, -0.25) is 4.79 Å². The molecule has 0 atom stereocenters. The van der Waals surface area contributed by atoms with E-state index in [-0.39, 0.29) is 12.0 Å². The molecule has 5 heteroatoms. The Balaban J connectivity index is 1.36. The van der Waals surface area contributed by atoms with E-state index in [4.69, 9.17) is 4.74 Å². The van der Waals surface area contributed by atoms with Crippen molar-refractivity contribution in [2.24, 2.45) is 11.8 Å². The predicted octanol–water partition coefficient (Wildman–Crippen LogP) is 5.97. The Hall–Kier alpha value is -1.07. The third kappa shape index (κ3) is 8.09. The van der Waals surface area contributed by atoms with Crippen molar-refractivity contribution >= 4 is 21.8 Å². The van der Waals surface area contributed by atoms with Crippen molar-refractivity contribution in [1.29, 1.82) is 0 Å². The van der Waals surface area contributed by atoms with Crippen molar-refractivity contribution in [2.45, 2.75) is 90.7 Å². The first-order valence-corrected chi connectivity index (χ1v) is 13.2. The van der Waals surface area contributed by atoms with Gasteiger partial charge in [0.15, 0.2) is 0 Å². The molecule has 174 valence electrons. The fraction of sp³-hybridized carbons (Fsp3) is 0.731. The van der Waals surface area contributed by atoms with Crippen LogP contribution in [0.5, 0.6) is 5.75 Å². The summed E-state index contributed by atoms with van der Waals surface area (Å²) in [6.07, 6.45) is 10.7. The molecule has 2 fully saturated rings. The van der Waals surface area contributed by atoms with Crippen LogP contribution in [-0.2, 0) is 11.2 Å². The molecule has 0 spiro atoms. The normalized spacial score (nSPS) is 23.1. The summed E-state index contributed by atoms with van der Waals surface area (Å²) < 4.78 is 7.09. The largest absolute Gasteiger partial charge is 0.491 e. The van der Waals surface area contributed by atoms with Crippen molar-refractivity contribution in [3.63, 3.8) is 0 Å². The van der Waals surface area contributed by atoms with Gasteiger partial charge in [-0.05, 0) is 120 Å². The molecule has 0 unspecified atom stereocenters. The molecule has 1 saturated heterocycles. The van der Waals surface area contributed by atoms with Crippen LogP contribution >= 0.6 is 15.9 Å². The van der Waals surface area contributed by atoms with Gasteiger partial charge in [0.1, 0.15) is 5.75 Å². The van der Waals surface area contributed by atoms with Crippen LogP contribution in [0.1, 0.15) is 77.7 Å². The second-order valence-electron chi connectivity index (χ2n) is 9.84. The molecule has 1 saturated carbocycles. The number of benzene rings is 1. The number of hydrogen-bond donors (Lipinski definition) is 1. The molecule has 1 N–H and O–H groups in total. The number of carbonyl (C=O) groups excluding carboxylic acids is 1. The average Bonchev–Trinajstić information content (AvgIpc) is 2.76. The van der Waals surface area contributed by atoms with E-state index in [9.17, 15) is 4.79 Å². The lowest BCUT2D eigenvalue weighted by Crippen LogP contribution is -2.38. The molecule has 1 amide bonds. The summed E-state index contributed by atoms with van der Waals surface area (Å²) in [6, 6.07) is 6.82. The maximum atomic E-state index is 11.6. The number of ether oxygens (including phenoxy) is 1. The molecule has 2 aliphatic rings. The average molecular weight is 494 g/mol. The first-order valence-electron chi connectivity index (χ1n) is 12.4. The Morgan fingerprint density at radius 1 is 1.13 bits per heavy atom. The number of carbonyl (C=O) groups is 1. The molecule has 1 aliphatic carbocycles. The summed E-state index contributed by atoms with van der Waals surface area (Å²) in [6.45, 7) is 9.78. The lowest BCUT2D eigenvalue weighted by atomic mass is 9.83. The summed E-state index contributed by atoms with van der Waals surface area (Å²) in [5.41, 5.74) is 1.38. The lowest BCUT2D eigenvalue weighted by molar-refractivity contribution is -0.121. The van der Waals surface area contributed by atoms with E-state index in [1.54, 1.807) is 0 Å². The summed E-state index contributed by atoms with van der Waals surface area (Å²) in [5.74, 6) is 2.79. The Morgan fingerprint density at radius 3 is 2.48 bits per heavy atom. The SMILES string of the molecule is CCC(=O)NC1CCC(CCN2CCC(Cc3cc(OC(C)C)ccc3Br)CC2)CC1. The zero-order valence-electron chi connectivity index (χ0n) is 19.7. The van der Waals surface area contributed by atoms with Crippen LogP contribution < -0.4 is 10.1 Å². The number of rotatable bonds is 9. The van der Waals surface area contributed by atoms with E-state index < -0.39 is 0 Å². The van der Waals surface area contributed by atoms with Gasteiger partial charge in [0.2, 0.25) is 5.91 Å². The zero-order valence-corrected chi connectivity index (χ0v) is 21.3. The number of hydrogen-bond acceptors (Lipinski definition) is 3. The molecule has 1 heterocycles. The van der Waals surface area contributed by atoms with E-state index in [0.717, 1.165) is 36.8 Å². The van der Waals surface area contributed by atoms with Gasteiger partial charge in [0, 0.05) is 16.9 Å². The molecule has 3 rings (SSSR count). The van der Waals surface area contributed by atoms with Crippen molar-refractivity contribution in [2.75, 3.05) is 19.6 Å². The molecular formula is C26H41BrN2O2. The molecule has 0 aromatic heterocycles. The lowest BCUT2D eigenvalue weighted by Gasteiger charge is -2.34. The van der Waals surface area contributed by atoms with Crippen LogP contribution in [0.3, 0.4) is 0 Å². The standard InChI is InChI=1S/C26H41BrN2O2/c1-4-26(30)28-23-7-5-20(6-8-23)11-14-29-15-12-21(13-16-29)17-22-18-24(31-19(2)3)9-10-25(22)27/h9-10,18-21,23H,4-8,11-17H2,1-3H3,(H,28,30). The minimum absolute atomic E-state index is 0.206. The van der Waals surface area contributed by atoms with Gasteiger partial charge >= 0.3 is 0 Å². The van der Waals surface area contributed by atoms with Crippen LogP contribution in [0.2, 0.25) is 0 Å². The highest BCUT2D eigenvalue weighted by Gasteiger charge is 2.24. The van der Waals surface area contributed by atoms with Gasteiger partial charge in [0.25, 0.3) is 0 Å². The first kappa shape index (κ1) is 24.6. The van der Waals surface area contributed by atoms with Crippen molar-refractivity contribution < 1.29 is 9.53 Å². The van der Waals surface area contributed by atoms with Gasteiger partial charge in [-0.1, -0.05) is 22.9 Å². The Labute approximate surface area is 197 Å². The highest BCUT2D eigenvalue weighted by atomic mass is 79.9. The Kier molecular flexibility index (Phi) is 9.71. The number of nitrogens with zero attached hydrogens (tertiary/aromatic N) is 1. The monoisotopic (exact) mass is 492 g/mol.